The van der Waals surface area contributed by atoms with Crippen molar-refractivity contribution < 1.29 is 14.3 Å². The Morgan fingerprint density at radius 1 is 1.32 bits per heavy atom. The molecule has 0 bridgehead atoms. The highest BCUT2D eigenvalue weighted by atomic mass is 16.5. The SMILES string of the molecule is COC(=O)C(CN1CCCC1)c1cccc(OC)c1. The summed E-state index contributed by atoms with van der Waals surface area (Å²) in [5.74, 6) is 0.353. The zero-order chi connectivity index (χ0) is 13.7. The number of hydrogen-bond acceptors (Lipinski definition) is 4. The molecule has 104 valence electrons. The van der Waals surface area contributed by atoms with Crippen molar-refractivity contribution in [2.75, 3.05) is 33.9 Å². The van der Waals surface area contributed by atoms with E-state index in [9.17, 15) is 4.79 Å². The predicted octanol–water partition coefficient (Wildman–Crippen LogP) is 2.05. The van der Waals surface area contributed by atoms with Crippen LogP contribution < -0.4 is 4.74 Å². The molecule has 0 aromatic heterocycles. The Morgan fingerprint density at radius 3 is 2.68 bits per heavy atom. The maximum absolute atomic E-state index is 12.0. The topological polar surface area (TPSA) is 38.8 Å². The maximum Gasteiger partial charge on any atom is 0.314 e. The Hall–Kier alpha value is -1.55. The summed E-state index contributed by atoms with van der Waals surface area (Å²) in [5, 5.41) is 0. The fourth-order valence-electron chi connectivity index (χ4n) is 2.54. The van der Waals surface area contributed by atoms with Crippen LogP contribution in [0.5, 0.6) is 5.75 Å². The summed E-state index contributed by atoms with van der Waals surface area (Å²) in [6.45, 7) is 2.86. The molecule has 0 N–H and O–H groups in total. The van der Waals surface area contributed by atoms with Crippen LogP contribution in [0.3, 0.4) is 0 Å². The fraction of sp³-hybridized carbons (Fsp3) is 0.533. The normalized spacial score (nSPS) is 17.2. The van der Waals surface area contributed by atoms with Gasteiger partial charge in [-0.05, 0) is 43.6 Å². The molecule has 1 aromatic carbocycles. The molecule has 2 rings (SSSR count). The third kappa shape index (κ3) is 3.47. The van der Waals surface area contributed by atoms with Gasteiger partial charge >= 0.3 is 5.97 Å². The Labute approximate surface area is 114 Å². The van der Waals surface area contributed by atoms with Crippen LogP contribution in [0.15, 0.2) is 24.3 Å². The van der Waals surface area contributed by atoms with Gasteiger partial charge in [0.2, 0.25) is 0 Å². The maximum atomic E-state index is 12.0. The summed E-state index contributed by atoms with van der Waals surface area (Å²) in [6, 6.07) is 7.67. The largest absolute Gasteiger partial charge is 0.497 e. The van der Waals surface area contributed by atoms with Crippen molar-refractivity contribution in [3.63, 3.8) is 0 Å². The second kappa shape index (κ2) is 6.57. The fourth-order valence-corrected chi connectivity index (χ4v) is 2.54. The number of hydrogen-bond donors (Lipinski definition) is 0. The Balaban J connectivity index is 2.17. The zero-order valence-corrected chi connectivity index (χ0v) is 11.6. The van der Waals surface area contributed by atoms with Gasteiger partial charge in [0, 0.05) is 6.54 Å². The van der Waals surface area contributed by atoms with E-state index in [1.54, 1.807) is 7.11 Å². The van der Waals surface area contributed by atoms with E-state index in [0.717, 1.165) is 30.9 Å². The summed E-state index contributed by atoms with van der Waals surface area (Å²) in [7, 11) is 3.08. The van der Waals surface area contributed by atoms with Gasteiger partial charge < -0.3 is 14.4 Å². The van der Waals surface area contributed by atoms with Crippen molar-refractivity contribution in [3.8, 4) is 5.75 Å². The first-order valence-electron chi connectivity index (χ1n) is 6.68. The molecule has 1 aliphatic heterocycles. The van der Waals surface area contributed by atoms with Gasteiger partial charge in [0.05, 0.1) is 20.1 Å². The molecule has 0 aliphatic carbocycles. The first-order chi connectivity index (χ1) is 9.24. The van der Waals surface area contributed by atoms with Gasteiger partial charge in [-0.2, -0.15) is 0 Å². The first kappa shape index (κ1) is 13.9. The first-order valence-corrected chi connectivity index (χ1v) is 6.68. The molecule has 1 unspecified atom stereocenters. The van der Waals surface area contributed by atoms with Crippen LogP contribution in [0.4, 0.5) is 0 Å². The number of benzene rings is 1. The van der Waals surface area contributed by atoms with Crippen LogP contribution in [0.2, 0.25) is 0 Å². The van der Waals surface area contributed by atoms with E-state index in [1.165, 1.54) is 20.0 Å². The molecule has 0 saturated carbocycles. The van der Waals surface area contributed by atoms with E-state index in [2.05, 4.69) is 4.90 Å². The Bertz CT molecular complexity index is 427. The molecule has 1 aliphatic rings. The molecule has 19 heavy (non-hydrogen) atoms. The van der Waals surface area contributed by atoms with Crippen molar-refractivity contribution in [2.24, 2.45) is 0 Å². The number of methoxy groups -OCH3 is 2. The molecular weight excluding hydrogens is 242 g/mol. The number of likely N-dealkylation sites (tertiary alicyclic amines) is 1. The summed E-state index contributed by atoms with van der Waals surface area (Å²) in [6.07, 6.45) is 2.43. The van der Waals surface area contributed by atoms with Gasteiger partial charge in [-0.15, -0.1) is 0 Å². The van der Waals surface area contributed by atoms with Gasteiger partial charge in [-0.1, -0.05) is 12.1 Å². The average Bonchev–Trinajstić information content (AvgIpc) is 2.97. The van der Waals surface area contributed by atoms with Crippen molar-refractivity contribution >= 4 is 5.97 Å². The lowest BCUT2D eigenvalue weighted by Gasteiger charge is -2.22. The van der Waals surface area contributed by atoms with Crippen LogP contribution in [0.25, 0.3) is 0 Å². The number of rotatable bonds is 5. The molecule has 1 atom stereocenters. The molecule has 1 fully saturated rings. The number of nitrogens with zero attached hydrogens (tertiary/aromatic N) is 1. The summed E-state index contributed by atoms with van der Waals surface area (Å²) in [4.78, 5) is 14.3. The van der Waals surface area contributed by atoms with E-state index in [-0.39, 0.29) is 11.9 Å². The smallest absolute Gasteiger partial charge is 0.314 e. The molecule has 0 amide bonds. The van der Waals surface area contributed by atoms with Gasteiger partial charge in [0.1, 0.15) is 5.75 Å². The number of carbonyl (C=O) groups is 1. The van der Waals surface area contributed by atoms with Gasteiger partial charge in [0.15, 0.2) is 0 Å². The quantitative estimate of drug-likeness (QED) is 0.762. The van der Waals surface area contributed by atoms with Gasteiger partial charge in [-0.25, -0.2) is 0 Å². The highest BCUT2D eigenvalue weighted by molar-refractivity contribution is 5.78. The van der Waals surface area contributed by atoms with Gasteiger partial charge in [-0.3, -0.25) is 4.79 Å². The highest BCUT2D eigenvalue weighted by Crippen LogP contribution is 2.24. The molecule has 1 saturated heterocycles. The highest BCUT2D eigenvalue weighted by Gasteiger charge is 2.26. The monoisotopic (exact) mass is 263 g/mol. The average molecular weight is 263 g/mol. The van der Waals surface area contributed by atoms with Crippen molar-refractivity contribution in [3.05, 3.63) is 29.8 Å². The van der Waals surface area contributed by atoms with E-state index in [4.69, 9.17) is 9.47 Å². The number of esters is 1. The Kier molecular flexibility index (Phi) is 4.80. The summed E-state index contributed by atoms with van der Waals surface area (Å²) in [5.41, 5.74) is 0.957. The minimum absolute atomic E-state index is 0.180. The molecular formula is C15H21NO3. The van der Waals surface area contributed by atoms with E-state index >= 15 is 0 Å². The lowest BCUT2D eigenvalue weighted by molar-refractivity contribution is -0.142. The summed E-state index contributed by atoms with van der Waals surface area (Å²) < 4.78 is 10.2. The minimum Gasteiger partial charge on any atom is -0.497 e. The van der Waals surface area contributed by atoms with E-state index < -0.39 is 0 Å². The van der Waals surface area contributed by atoms with Crippen LogP contribution in [0.1, 0.15) is 24.3 Å². The lowest BCUT2D eigenvalue weighted by Crippen LogP contribution is -2.30. The van der Waals surface area contributed by atoms with Crippen LogP contribution in [-0.4, -0.2) is 44.7 Å². The van der Waals surface area contributed by atoms with Crippen molar-refractivity contribution in [2.45, 2.75) is 18.8 Å². The molecule has 1 heterocycles. The minimum atomic E-state index is -0.238. The van der Waals surface area contributed by atoms with E-state index in [1.807, 2.05) is 24.3 Å². The number of ether oxygens (including phenoxy) is 2. The van der Waals surface area contributed by atoms with Gasteiger partial charge in [0.25, 0.3) is 0 Å². The molecule has 1 aromatic rings. The third-order valence-corrected chi connectivity index (χ3v) is 3.62. The third-order valence-electron chi connectivity index (χ3n) is 3.62. The van der Waals surface area contributed by atoms with Crippen LogP contribution >= 0.6 is 0 Å². The predicted molar refractivity (Wildman–Crippen MR) is 73.4 cm³/mol. The standard InChI is InChI=1S/C15H21NO3/c1-18-13-7-5-6-12(10-13)14(15(17)19-2)11-16-8-3-4-9-16/h5-7,10,14H,3-4,8-9,11H2,1-2H3. The van der Waals surface area contributed by atoms with Crippen molar-refractivity contribution in [1.82, 2.24) is 4.90 Å². The number of carbonyl (C=O) groups excluding carboxylic acids is 1. The Morgan fingerprint density at radius 2 is 2.05 bits per heavy atom. The second-order valence-electron chi connectivity index (χ2n) is 4.86. The molecule has 0 radical (unpaired) electrons. The molecule has 0 spiro atoms. The van der Waals surface area contributed by atoms with Crippen LogP contribution in [-0.2, 0) is 9.53 Å². The zero-order valence-electron chi connectivity index (χ0n) is 11.6. The summed E-state index contributed by atoms with van der Waals surface area (Å²) >= 11 is 0. The molecule has 4 heteroatoms. The van der Waals surface area contributed by atoms with E-state index in [0.29, 0.717) is 0 Å². The second-order valence-corrected chi connectivity index (χ2v) is 4.86. The lowest BCUT2D eigenvalue weighted by atomic mass is 9.98. The van der Waals surface area contributed by atoms with Crippen LogP contribution in [0, 0.1) is 0 Å². The van der Waals surface area contributed by atoms with Crippen molar-refractivity contribution in [1.29, 1.82) is 0 Å². The molecule has 4 nitrogen and oxygen atoms in total.